The van der Waals surface area contributed by atoms with Gasteiger partial charge in [-0.3, -0.25) is 0 Å². The number of rotatable bonds is 6. The van der Waals surface area contributed by atoms with Gasteiger partial charge < -0.3 is 20.5 Å². The average Bonchev–Trinajstić information content (AvgIpc) is 2.44. The van der Waals surface area contributed by atoms with Crippen LogP contribution in [0.3, 0.4) is 0 Å². The summed E-state index contributed by atoms with van der Waals surface area (Å²) in [7, 11) is 0. The number of halogens is 4. The highest BCUT2D eigenvalue weighted by Gasteiger charge is 2.29. The van der Waals surface area contributed by atoms with Crippen LogP contribution in [0.4, 0.5) is 28.0 Å². The summed E-state index contributed by atoms with van der Waals surface area (Å²) in [5.41, 5.74) is -0.118. The molecule has 130 valence electrons. The van der Waals surface area contributed by atoms with Crippen LogP contribution in [0.5, 0.6) is 5.75 Å². The third kappa shape index (κ3) is 7.18. The highest BCUT2D eigenvalue weighted by Crippen LogP contribution is 2.27. The molecule has 0 aliphatic carbocycles. The summed E-state index contributed by atoms with van der Waals surface area (Å²) in [6, 6.07) is 2.04. The van der Waals surface area contributed by atoms with Gasteiger partial charge in [0, 0.05) is 12.6 Å². The van der Waals surface area contributed by atoms with E-state index in [2.05, 4.69) is 15.4 Å². The first-order valence-corrected chi connectivity index (χ1v) is 6.80. The number of urea groups is 1. The van der Waals surface area contributed by atoms with E-state index in [1.807, 2.05) is 0 Å². The number of carbonyl (C=O) groups is 1. The van der Waals surface area contributed by atoms with E-state index in [9.17, 15) is 27.5 Å². The molecule has 0 heterocycles. The van der Waals surface area contributed by atoms with Gasteiger partial charge in [0.2, 0.25) is 0 Å². The fourth-order valence-corrected chi connectivity index (χ4v) is 1.48. The SMILES string of the molecule is CC(C)[C@H](O)CNC(=O)Nc1ccc(F)cc1OCC(F)(F)F. The number of aliphatic hydroxyl groups excluding tert-OH is 1. The summed E-state index contributed by atoms with van der Waals surface area (Å²) >= 11 is 0. The molecule has 0 aromatic heterocycles. The summed E-state index contributed by atoms with van der Waals surface area (Å²) in [5.74, 6) is -1.32. The molecule has 5 nitrogen and oxygen atoms in total. The van der Waals surface area contributed by atoms with Gasteiger partial charge in [0.15, 0.2) is 6.61 Å². The van der Waals surface area contributed by atoms with Crippen molar-refractivity contribution in [3.05, 3.63) is 24.0 Å². The highest BCUT2D eigenvalue weighted by atomic mass is 19.4. The van der Waals surface area contributed by atoms with E-state index in [-0.39, 0.29) is 18.2 Å². The quantitative estimate of drug-likeness (QED) is 0.699. The van der Waals surface area contributed by atoms with Gasteiger partial charge in [0.25, 0.3) is 0 Å². The Bertz CT molecular complexity index is 535. The second kappa shape index (κ2) is 8.00. The van der Waals surface area contributed by atoms with Crippen LogP contribution in [-0.2, 0) is 0 Å². The maximum atomic E-state index is 13.1. The minimum atomic E-state index is -4.59. The summed E-state index contributed by atoms with van der Waals surface area (Å²) in [4.78, 5) is 11.7. The van der Waals surface area contributed by atoms with Gasteiger partial charge in [-0.2, -0.15) is 13.2 Å². The van der Waals surface area contributed by atoms with E-state index in [1.165, 1.54) is 0 Å². The molecule has 0 radical (unpaired) electrons. The molecule has 3 N–H and O–H groups in total. The smallest absolute Gasteiger partial charge is 0.422 e. The van der Waals surface area contributed by atoms with Crippen LogP contribution >= 0.6 is 0 Å². The van der Waals surface area contributed by atoms with E-state index < -0.39 is 36.5 Å². The summed E-state index contributed by atoms with van der Waals surface area (Å²) in [6.45, 7) is 1.86. The van der Waals surface area contributed by atoms with Gasteiger partial charge in [0.05, 0.1) is 11.8 Å². The van der Waals surface area contributed by atoms with Crippen molar-refractivity contribution in [2.45, 2.75) is 26.1 Å². The number of alkyl halides is 3. The molecule has 1 rings (SSSR count). The zero-order valence-electron chi connectivity index (χ0n) is 12.6. The van der Waals surface area contributed by atoms with Gasteiger partial charge in [-0.1, -0.05) is 13.8 Å². The molecule has 0 saturated heterocycles. The number of aliphatic hydroxyl groups is 1. The largest absolute Gasteiger partial charge is 0.482 e. The minimum absolute atomic E-state index is 0.0383. The third-order valence-corrected chi connectivity index (χ3v) is 2.82. The minimum Gasteiger partial charge on any atom is -0.482 e. The predicted molar refractivity (Wildman–Crippen MR) is 75.8 cm³/mol. The van der Waals surface area contributed by atoms with Crippen molar-refractivity contribution < 1.29 is 32.2 Å². The van der Waals surface area contributed by atoms with E-state index in [0.717, 1.165) is 18.2 Å². The predicted octanol–water partition coefficient (Wildman–Crippen LogP) is 2.91. The fraction of sp³-hybridized carbons (Fsp3) is 0.500. The number of carbonyl (C=O) groups excluding carboxylic acids is 1. The van der Waals surface area contributed by atoms with Crippen molar-refractivity contribution in [3.63, 3.8) is 0 Å². The van der Waals surface area contributed by atoms with Gasteiger partial charge in [0.1, 0.15) is 11.6 Å². The maximum Gasteiger partial charge on any atom is 0.422 e. The maximum absolute atomic E-state index is 13.1. The van der Waals surface area contributed by atoms with Gasteiger partial charge in [-0.05, 0) is 18.1 Å². The number of ether oxygens (including phenoxy) is 1. The van der Waals surface area contributed by atoms with Crippen LogP contribution in [0.1, 0.15) is 13.8 Å². The monoisotopic (exact) mass is 338 g/mol. The number of benzene rings is 1. The van der Waals surface area contributed by atoms with Crippen molar-refractivity contribution in [3.8, 4) is 5.75 Å². The molecule has 0 aliphatic rings. The molecule has 0 fully saturated rings. The van der Waals surface area contributed by atoms with Crippen LogP contribution in [0.2, 0.25) is 0 Å². The molecule has 1 aromatic carbocycles. The number of nitrogens with one attached hydrogen (secondary N) is 2. The first-order valence-electron chi connectivity index (χ1n) is 6.80. The summed E-state index contributed by atoms with van der Waals surface area (Å²) in [5, 5.41) is 14.2. The standard InChI is InChI=1S/C14H18F4N2O3/c1-8(2)11(21)6-19-13(22)20-10-4-3-9(15)5-12(10)23-7-14(16,17)18/h3-5,8,11,21H,6-7H2,1-2H3,(H2,19,20,22)/t11-/m1/s1. The van der Waals surface area contributed by atoms with E-state index in [0.29, 0.717) is 0 Å². The van der Waals surface area contributed by atoms with Crippen LogP contribution in [-0.4, -0.2) is 36.6 Å². The van der Waals surface area contributed by atoms with Crippen molar-refractivity contribution in [1.29, 1.82) is 0 Å². The van der Waals surface area contributed by atoms with Crippen LogP contribution in [0.15, 0.2) is 18.2 Å². The van der Waals surface area contributed by atoms with E-state index in [1.54, 1.807) is 13.8 Å². The Kier molecular flexibility index (Phi) is 6.62. The fourth-order valence-electron chi connectivity index (χ4n) is 1.48. The van der Waals surface area contributed by atoms with Crippen LogP contribution < -0.4 is 15.4 Å². The van der Waals surface area contributed by atoms with Crippen LogP contribution in [0.25, 0.3) is 0 Å². The molecule has 2 amide bonds. The summed E-state index contributed by atoms with van der Waals surface area (Å²) in [6.07, 6.45) is -5.36. The van der Waals surface area contributed by atoms with Gasteiger partial charge >= 0.3 is 12.2 Å². The molecular weight excluding hydrogens is 320 g/mol. The molecule has 0 aliphatic heterocycles. The molecular formula is C14H18F4N2O3. The van der Waals surface area contributed by atoms with Crippen molar-refractivity contribution in [2.75, 3.05) is 18.5 Å². The lowest BCUT2D eigenvalue weighted by molar-refractivity contribution is -0.153. The molecule has 0 unspecified atom stereocenters. The van der Waals surface area contributed by atoms with Gasteiger partial charge in [-0.25, -0.2) is 9.18 Å². The molecule has 0 saturated carbocycles. The highest BCUT2D eigenvalue weighted by molar-refractivity contribution is 5.90. The number of anilines is 1. The second-order valence-electron chi connectivity index (χ2n) is 5.19. The third-order valence-electron chi connectivity index (χ3n) is 2.82. The molecule has 23 heavy (non-hydrogen) atoms. The first kappa shape index (κ1) is 19.0. The lowest BCUT2D eigenvalue weighted by Crippen LogP contribution is -2.37. The van der Waals surface area contributed by atoms with E-state index >= 15 is 0 Å². The zero-order valence-corrected chi connectivity index (χ0v) is 12.6. The molecule has 0 spiro atoms. The molecule has 0 bridgehead atoms. The Morgan fingerprint density at radius 1 is 1.35 bits per heavy atom. The van der Waals surface area contributed by atoms with Crippen molar-refractivity contribution in [1.82, 2.24) is 5.32 Å². The Labute approximate surface area is 130 Å². The average molecular weight is 338 g/mol. The number of hydrogen-bond donors (Lipinski definition) is 3. The lowest BCUT2D eigenvalue weighted by atomic mass is 10.1. The first-order chi connectivity index (χ1) is 10.6. The molecule has 1 atom stereocenters. The Hall–Kier alpha value is -2.03. The van der Waals surface area contributed by atoms with Crippen LogP contribution in [0, 0.1) is 11.7 Å². The normalized spacial score (nSPS) is 12.9. The number of amides is 2. The zero-order chi connectivity index (χ0) is 17.6. The summed E-state index contributed by atoms with van der Waals surface area (Å²) < 4.78 is 54.1. The Morgan fingerprint density at radius 3 is 2.57 bits per heavy atom. The van der Waals surface area contributed by atoms with Crippen molar-refractivity contribution >= 4 is 11.7 Å². The molecule has 9 heteroatoms. The lowest BCUT2D eigenvalue weighted by Gasteiger charge is -2.17. The number of hydrogen-bond acceptors (Lipinski definition) is 3. The second-order valence-corrected chi connectivity index (χ2v) is 5.19. The van der Waals surface area contributed by atoms with E-state index in [4.69, 9.17) is 0 Å². The topological polar surface area (TPSA) is 70.6 Å². The Balaban J connectivity index is 2.70. The Morgan fingerprint density at radius 2 is 2.00 bits per heavy atom. The molecule has 1 aromatic rings. The van der Waals surface area contributed by atoms with Crippen molar-refractivity contribution in [2.24, 2.45) is 5.92 Å². The van der Waals surface area contributed by atoms with Gasteiger partial charge in [-0.15, -0.1) is 0 Å².